The van der Waals surface area contributed by atoms with E-state index >= 15 is 0 Å². The van der Waals surface area contributed by atoms with Crippen LogP contribution in [0.5, 0.6) is 5.75 Å². The Morgan fingerprint density at radius 2 is 1.43 bits per heavy atom. The lowest BCUT2D eigenvalue weighted by Gasteiger charge is -2.23. The van der Waals surface area contributed by atoms with E-state index in [2.05, 4.69) is 86.5 Å². The van der Waals surface area contributed by atoms with Gasteiger partial charge in [0, 0.05) is 11.3 Å². The molecule has 4 nitrogen and oxygen atoms in total. The summed E-state index contributed by atoms with van der Waals surface area (Å²) in [6, 6.07) is 14.4. The molecule has 1 aromatic heterocycles. The van der Waals surface area contributed by atoms with Crippen molar-refractivity contribution in [3.63, 3.8) is 0 Å². The van der Waals surface area contributed by atoms with Crippen LogP contribution in [0.2, 0.25) is 0 Å². The molecule has 0 aliphatic heterocycles. The fourth-order valence-corrected chi connectivity index (χ4v) is 6.00. The molecule has 2 aromatic carbocycles. The minimum atomic E-state index is -0.0194. The van der Waals surface area contributed by atoms with Crippen LogP contribution in [-0.4, -0.2) is 12.5 Å². The van der Waals surface area contributed by atoms with Gasteiger partial charge >= 0.3 is 0 Å². The molecule has 0 unspecified atom stereocenters. The van der Waals surface area contributed by atoms with Gasteiger partial charge in [-0.15, -0.1) is 0 Å². The first-order valence-electron chi connectivity index (χ1n) is 16.3. The van der Waals surface area contributed by atoms with Crippen LogP contribution in [0.3, 0.4) is 0 Å². The van der Waals surface area contributed by atoms with Gasteiger partial charge < -0.3 is 10.1 Å². The number of ether oxygens (including phenoxy) is 1. The first-order chi connectivity index (χ1) is 20.2. The van der Waals surface area contributed by atoms with E-state index in [4.69, 9.17) is 4.74 Å². The first kappa shape index (κ1) is 33.8. The number of hydrogen-bond donors (Lipinski definition) is 1. The number of nitrogens with zero attached hydrogens (tertiary/aromatic N) is 1. The molecule has 0 aliphatic carbocycles. The first-order valence-corrected chi connectivity index (χ1v) is 17.2. The Balaban J connectivity index is 1.41. The van der Waals surface area contributed by atoms with Crippen LogP contribution in [-0.2, 0) is 23.2 Å². The van der Waals surface area contributed by atoms with Gasteiger partial charge in [0.2, 0.25) is 11.4 Å². The Labute approximate surface area is 259 Å². The number of aromatic nitrogens is 1. The molecule has 0 radical (unpaired) electrons. The lowest BCUT2D eigenvalue weighted by molar-refractivity contribution is -0.683. The smallest absolute Gasteiger partial charge is 0.228 e. The van der Waals surface area contributed by atoms with E-state index in [1.54, 1.807) is 11.3 Å². The molecule has 0 bridgehead atoms. The summed E-state index contributed by atoms with van der Waals surface area (Å²) in [6.45, 7) is 12.6. The van der Waals surface area contributed by atoms with Crippen molar-refractivity contribution in [2.45, 2.75) is 130 Å². The number of hydrogen-bond acceptors (Lipinski definition) is 3. The molecule has 0 saturated heterocycles. The highest BCUT2D eigenvalue weighted by Crippen LogP contribution is 2.32. The minimum Gasteiger partial charge on any atom is -0.493 e. The van der Waals surface area contributed by atoms with Crippen LogP contribution in [0.4, 0.5) is 5.69 Å². The van der Waals surface area contributed by atoms with Gasteiger partial charge in [-0.3, -0.25) is 4.79 Å². The van der Waals surface area contributed by atoms with Crippen molar-refractivity contribution < 1.29 is 14.1 Å². The van der Waals surface area contributed by atoms with E-state index in [1.807, 2.05) is 12.1 Å². The second kappa shape index (κ2) is 18.1. The van der Waals surface area contributed by atoms with E-state index in [-0.39, 0.29) is 11.3 Å². The summed E-state index contributed by atoms with van der Waals surface area (Å²) in [5.41, 5.74) is 6.32. The van der Waals surface area contributed by atoms with Gasteiger partial charge in [-0.05, 0) is 48.1 Å². The molecular formula is C37H55N2O2S+. The lowest BCUT2D eigenvalue weighted by Crippen LogP contribution is -2.30. The van der Waals surface area contributed by atoms with Gasteiger partial charge in [-0.25, -0.2) is 0 Å². The van der Waals surface area contributed by atoms with E-state index in [0.717, 1.165) is 36.6 Å². The Kier molecular flexibility index (Phi) is 14.6. The molecule has 0 saturated carbocycles. The van der Waals surface area contributed by atoms with Crippen LogP contribution in [0, 0.1) is 6.92 Å². The molecule has 1 amide bonds. The van der Waals surface area contributed by atoms with Gasteiger partial charge in [-0.2, -0.15) is 4.57 Å². The molecule has 0 fully saturated rings. The summed E-state index contributed by atoms with van der Waals surface area (Å²) in [4.78, 5) is 14.2. The van der Waals surface area contributed by atoms with Crippen molar-refractivity contribution in [3.05, 3.63) is 75.7 Å². The van der Waals surface area contributed by atoms with Crippen LogP contribution in [0.1, 0.15) is 126 Å². The largest absolute Gasteiger partial charge is 0.493 e. The summed E-state index contributed by atoms with van der Waals surface area (Å²) in [7, 11) is 0. The Morgan fingerprint density at radius 3 is 2.00 bits per heavy atom. The van der Waals surface area contributed by atoms with Crippen molar-refractivity contribution in [2.75, 3.05) is 11.9 Å². The zero-order valence-electron chi connectivity index (χ0n) is 27.0. The number of unbranched alkanes of at least 4 members (excludes halogenated alkanes) is 11. The molecule has 5 heteroatoms. The Bertz CT molecular complexity index is 1190. The zero-order chi connectivity index (χ0) is 30.2. The molecule has 0 aliphatic rings. The highest BCUT2D eigenvalue weighted by molar-refractivity contribution is 7.09. The van der Waals surface area contributed by atoms with Crippen LogP contribution in [0.15, 0.2) is 54.2 Å². The highest BCUT2D eigenvalue weighted by Gasteiger charge is 2.20. The second-order valence-corrected chi connectivity index (χ2v) is 14.0. The number of thiazole rings is 1. The second-order valence-electron chi connectivity index (χ2n) is 12.9. The Morgan fingerprint density at radius 1 is 0.833 bits per heavy atom. The quantitative estimate of drug-likeness (QED) is 0.111. The number of carbonyl (C=O) groups excluding carboxylic acids is 1. The van der Waals surface area contributed by atoms with Gasteiger partial charge in [0.15, 0.2) is 12.7 Å². The van der Waals surface area contributed by atoms with Crippen LogP contribution in [0.25, 0.3) is 0 Å². The summed E-state index contributed by atoms with van der Waals surface area (Å²) in [5.74, 6) is 0.905. The van der Waals surface area contributed by atoms with Crippen molar-refractivity contribution in [1.82, 2.24) is 0 Å². The number of amides is 1. The van der Waals surface area contributed by atoms with Crippen molar-refractivity contribution in [3.8, 4) is 5.75 Å². The predicted octanol–water partition coefficient (Wildman–Crippen LogP) is 9.95. The van der Waals surface area contributed by atoms with Crippen LogP contribution >= 0.6 is 11.3 Å². The predicted molar refractivity (Wildman–Crippen MR) is 179 cm³/mol. The number of nitrogens with one attached hydrogen (secondary N) is 1. The molecular weight excluding hydrogens is 536 g/mol. The number of carbonyl (C=O) groups is 1. The third-order valence-corrected chi connectivity index (χ3v) is 8.65. The zero-order valence-corrected chi connectivity index (χ0v) is 27.8. The monoisotopic (exact) mass is 591 g/mol. The summed E-state index contributed by atoms with van der Waals surface area (Å²) in [5, 5.41) is 3.06. The molecule has 3 rings (SSSR count). The molecule has 1 N–H and O–H groups in total. The van der Waals surface area contributed by atoms with Crippen molar-refractivity contribution >= 4 is 22.9 Å². The molecule has 0 atom stereocenters. The molecule has 3 aromatic rings. The fraction of sp³-hybridized carbons (Fsp3) is 0.568. The maximum Gasteiger partial charge on any atom is 0.228 e. The average Bonchev–Trinajstić information content (AvgIpc) is 3.36. The maximum atomic E-state index is 12.9. The Hall–Kier alpha value is -2.66. The summed E-state index contributed by atoms with van der Waals surface area (Å²) < 4.78 is 8.51. The summed E-state index contributed by atoms with van der Waals surface area (Å²) >= 11 is 1.75. The topological polar surface area (TPSA) is 42.2 Å². The van der Waals surface area contributed by atoms with Crippen molar-refractivity contribution in [1.29, 1.82) is 0 Å². The number of anilines is 1. The van der Waals surface area contributed by atoms with Crippen LogP contribution < -0.4 is 14.6 Å². The van der Waals surface area contributed by atoms with Gasteiger partial charge in [0.1, 0.15) is 5.75 Å². The SMILES string of the molecule is CCCCCCCCCCCCCCOc1cc(CC(=O)Nc2ccc(C[n+]3csc(C)c3)cc2)ccc1C(C)(C)C. The van der Waals surface area contributed by atoms with Crippen molar-refractivity contribution in [2.24, 2.45) is 0 Å². The van der Waals surface area contributed by atoms with E-state index in [1.165, 1.54) is 86.6 Å². The minimum absolute atomic E-state index is 0.0130. The van der Waals surface area contributed by atoms with E-state index < -0.39 is 0 Å². The maximum absolute atomic E-state index is 12.9. The number of benzene rings is 2. The lowest BCUT2D eigenvalue weighted by atomic mass is 9.85. The molecule has 0 spiro atoms. The van der Waals surface area contributed by atoms with E-state index in [0.29, 0.717) is 6.42 Å². The summed E-state index contributed by atoms with van der Waals surface area (Å²) in [6.07, 6.45) is 18.5. The van der Waals surface area contributed by atoms with Gasteiger partial charge in [0.05, 0.1) is 17.9 Å². The standard InChI is InChI=1S/C37H54N2O2S/c1-6-7-8-9-10-11-12-13-14-15-16-17-24-41-35-25-32(20-23-34(35)37(3,4)5)26-36(40)38-33-21-18-31(19-22-33)28-39-27-30(2)42-29-39/h18-23,25,27,29H,6-17,24,26,28H2,1-5H3/p+1. The molecule has 1 heterocycles. The van der Waals surface area contributed by atoms with E-state index in [9.17, 15) is 4.79 Å². The normalized spacial score (nSPS) is 11.5. The average molecular weight is 592 g/mol. The number of aryl methyl sites for hydroxylation is 1. The molecule has 230 valence electrons. The number of rotatable bonds is 19. The third-order valence-electron chi connectivity index (χ3n) is 7.80. The third kappa shape index (κ3) is 12.7. The highest BCUT2D eigenvalue weighted by atomic mass is 32.1. The van der Waals surface area contributed by atoms with Gasteiger partial charge in [-0.1, -0.05) is 134 Å². The van der Waals surface area contributed by atoms with Gasteiger partial charge in [0.25, 0.3) is 0 Å². The molecule has 42 heavy (non-hydrogen) atoms. The fourth-order valence-electron chi connectivity index (χ4n) is 5.36.